The molecular weight excluding hydrogens is 705 g/mol. The quantitative estimate of drug-likeness (QED) is 0.132. The van der Waals surface area contributed by atoms with E-state index < -0.39 is 30.4 Å². The average Bonchev–Trinajstić information content (AvgIpc) is 3.11. The molecule has 0 saturated heterocycles. The van der Waals surface area contributed by atoms with Gasteiger partial charge in [-0.25, -0.2) is 8.42 Å². The molecule has 0 bridgehead atoms. The van der Waals surface area contributed by atoms with Gasteiger partial charge in [0.2, 0.25) is 0 Å². The Morgan fingerprint density at radius 3 is 0.714 bits per heavy atom. The lowest BCUT2D eigenvalue weighted by atomic mass is 10.4. The fourth-order valence-corrected chi connectivity index (χ4v) is 7.45. The Kier molecular flexibility index (Phi) is 14.9. The summed E-state index contributed by atoms with van der Waals surface area (Å²) in [5.41, 5.74) is 0. The van der Waals surface area contributed by atoms with E-state index in [0.717, 1.165) is 0 Å². The second kappa shape index (κ2) is 18.8. The van der Waals surface area contributed by atoms with Crippen LogP contribution in [-0.4, -0.2) is 38.9 Å². The molecule has 13 heteroatoms. The van der Waals surface area contributed by atoms with Crippen molar-refractivity contribution >= 4 is 41.2 Å². The van der Waals surface area contributed by atoms with Gasteiger partial charge in [-0.15, -0.1) is 0 Å². The van der Waals surface area contributed by atoms with E-state index in [1.165, 1.54) is 63.2 Å². The molecule has 0 radical (unpaired) electrons. The zero-order valence-electron chi connectivity index (χ0n) is 25.7. The van der Waals surface area contributed by atoms with Crippen molar-refractivity contribution in [3.05, 3.63) is 182 Å². The number of rotatable bonds is 6. The molecule has 0 fully saturated rings. The molecule has 0 aliphatic heterocycles. The Bertz CT molecular complexity index is 1900. The van der Waals surface area contributed by atoms with Gasteiger partial charge >= 0.3 is 0 Å². The molecule has 6 aromatic rings. The molecule has 0 unspecified atom stereocenters. The lowest BCUT2D eigenvalue weighted by Crippen LogP contribution is -2.04. The third-order valence-corrected chi connectivity index (χ3v) is 10.9. The molecule has 0 spiro atoms. The van der Waals surface area contributed by atoms with Crippen LogP contribution in [0.4, 0.5) is 0 Å². The summed E-state index contributed by atoms with van der Waals surface area (Å²) >= 11 is 0. The molecule has 9 nitrogen and oxygen atoms in total. The van der Waals surface area contributed by atoms with Crippen LogP contribution in [0.2, 0.25) is 0 Å². The normalized spacial score (nSPS) is 11.0. The second-order valence-electron chi connectivity index (χ2n) is 9.59. The molecule has 0 aliphatic carbocycles. The Balaban J connectivity index is 0.000000187. The molecule has 0 aromatic heterocycles. The van der Waals surface area contributed by atoms with Crippen molar-refractivity contribution in [2.75, 3.05) is 0 Å². The van der Waals surface area contributed by atoms with Crippen molar-refractivity contribution in [2.24, 2.45) is 0 Å². The first-order valence-electron chi connectivity index (χ1n) is 14.2. The lowest BCUT2D eigenvalue weighted by molar-refractivity contribution is 0.462. The average molecular weight is 737 g/mol. The number of hydrogen-bond donors (Lipinski definition) is 2. The molecule has 2 N–H and O–H groups in total. The third-order valence-electron chi connectivity index (χ3n) is 6.05. The largest absolute Gasteiger partial charge is 0.744 e. The molecule has 0 heterocycles. The van der Waals surface area contributed by atoms with Gasteiger partial charge in [-0.2, -0.15) is 16.8 Å². The van der Waals surface area contributed by atoms with Crippen molar-refractivity contribution in [1.29, 1.82) is 0 Å². The van der Waals surface area contributed by atoms with E-state index in [4.69, 9.17) is 9.11 Å². The standard InChI is InChI=1S/C18H15S.3C6H6O3S/c1-4-10-16(11-5-1)19(17-12-6-2-7-13-17)18-14-8-3-9-15-18;3*7-10(8,9)6-4-2-1-3-5-6/h1-15H;3*1-5H,(H,7,8,9)/q+1;;;/p-1. The summed E-state index contributed by atoms with van der Waals surface area (Å²) < 4.78 is 89.3. The van der Waals surface area contributed by atoms with Crippen molar-refractivity contribution in [3.63, 3.8) is 0 Å². The highest BCUT2D eigenvalue weighted by atomic mass is 32.2. The first kappa shape index (κ1) is 38.8. The summed E-state index contributed by atoms with van der Waals surface area (Å²) in [6.45, 7) is 0. The van der Waals surface area contributed by atoms with Gasteiger partial charge in [0.25, 0.3) is 20.2 Å². The van der Waals surface area contributed by atoms with Crippen LogP contribution in [0.15, 0.2) is 211 Å². The maximum Gasteiger partial charge on any atom is 0.294 e. The van der Waals surface area contributed by atoms with E-state index >= 15 is 0 Å². The van der Waals surface area contributed by atoms with Gasteiger partial charge < -0.3 is 4.55 Å². The zero-order valence-corrected chi connectivity index (χ0v) is 29.0. The summed E-state index contributed by atoms with van der Waals surface area (Å²) in [6, 6.07) is 54.2. The smallest absolute Gasteiger partial charge is 0.294 e. The highest BCUT2D eigenvalue weighted by Crippen LogP contribution is 2.30. The fraction of sp³-hybridized carbons (Fsp3) is 0. The maximum absolute atomic E-state index is 10.4. The van der Waals surface area contributed by atoms with Crippen LogP contribution in [-0.2, 0) is 41.2 Å². The van der Waals surface area contributed by atoms with Gasteiger partial charge in [0.1, 0.15) is 10.1 Å². The molecular formula is C36H32O9S4. The molecule has 0 amide bonds. The van der Waals surface area contributed by atoms with Gasteiger partial charge in [-0.3, -0.25) is 9.11 Å². The Labute approximate surface area is 290 Å². The summed E-state index contributed by atoms with van der Waals surface area (Å²) in [4.78, 5) is 3.75. The lowest BCUT2D eigenvalue weighted by Gasteiger charge is -2.07. The van der Waals surface area contributed by atoms with Gasteiger partial charge in [-0.1, -0.05) is 109 Å². The van der Waals surface area contributed by atoms with Crippen LogP contribution < -0.4 is 0 Å². The van der Waals surface area contributed by atoms with Gasteiger partial charge in [0, 0.05) is 0 Å². The van der Waals surface area contributed by atoms with E-state index in [9.17, 15) is 29.8 Å². The van der Waals surface area contributed by atoms with E-state index in [0.29, 0.717) is 0 Å². The van der Waals surface area contributed by atoms with E-state index in [1.807, 2.05) is 0 Å². The predicted octanol–water partition coefficient (Wildman–Crippen LogP) is 7.24. The minimum Gasteiger partial charge on any atom is -0.744 e. The highest BCUT2D eigenvalue weighted by molar-refractivity contribution is 7.97. The second-order valence-corrected chi connectivity index (χ2v) is 15.8. The highest BCUT2D eigenvalue weighted by Gasteiger charge is 2.27. The predicted molar refractivity (Wildman–Crippen MR) is 188 cm³/mol. The van der Waals surface area contributed by atoms with Gasteiger partial charge in [0.05, 0.1) is 25.6 Å². The Morgan fingerprint density at radius 1 is 0.347 bits per heavy atom. The molecule has 49 heavy (non-hydrogen) atoms. The van der Waals surface area contributed by atoms with Crippen LogP contribution >= 0.6 is 0 Å². The zero-order chi connectivity index (χ0) is 35.8. The topological polar surface area (TPSA) is 166 Å². The minimum atomic E-state index is -4.25. The van der Waals surface area contributed by atoms with Gasteiger partial charge in [0.15, 0.2) is 14.7 Å². The van der Waals surface area contributed by atoms with Crippen LogP contribution in [0.1, 0.15) is 0 Å². The van der Waals surface area contributed by atoms with Gasteiger partial charge in [-0.05, 0) is 72.8 Å². The molecule has 0 atom stereocenters. The summed E-state index contributed by atoms with van der Waals surface area (Å²) in [5, 5.41) is 0. The SMILES string of the molecule is O=S(=O)(O)c1ccccc1.O=S(=O)(O)c1ccccc1.O=S(=O)([O-])c1ccccc1.c1ccc([S+](c2ccccc2)c2ccccc2)cc1. The summed E-state index contributed by atoms with van der Waals surface area (Å²) in [6.07, 6.45) is 0. The first-order chi connectivity index (χ1) is 23.3. The molecule has 254 valence electrons. The fourth-order valence-electron chi connectivity index (χ4n) is 3.85. The summed E-state index contributed by atoms with van der Waals surface area (Å²) in [7, 11) is -12.3. The van der Waals surface area contributed by atoms with E-state index in [-0.39, 0.29) is 25.6 Å². The van der Waals surface area contributed by atoms with Crippen LogP contribution in [0, 0.1) is 0 Å². The summed E-state index contributed by atoms with van der Waals surface area (Å²) in [5.74, 6) is 0. The van der Waals surface area contributed by atoms with Crippen molar-refractivity contribution in [2.45, 2.75) is 29.4 Å². The van der Waals surface area contributed by atoms with Crippen molar-refractivity contribution < 1.29 is 38.9 Å². The Morgan fingerprint density at radius 2 is 0.551 bits per heavy atom. The molecule has 6 rings (SSSR count). The van der Waals surface area contributed by atoms with Crippen molar-refractivity contribution in [1.82, 2.24) is 0 Å². The number of benzene rings is 6. The van der Waals surface area contributed by atoms with Crippen LogP contribution in [0.25, 0.3) is 0 Å². The number of hydrogen-bond acceptors (Lipinski definition) is 7. The van der Waals surface area contributed by atoms with Crippen LogP contribution in [0.3, 0.4) is 0 Å². The van der Waals surface area contributed by atoms with Crippen molar-refractivity contribution in [3.8, 4) is 0 Å². The minimum absolute atomic E-state index is 0.0146. The molecule has 0 saturated carbocycles. The monoisotopic (exact) mass is 736 g/mol. The third kappa shape index (κ3) is 13.8. The first-order valence-corrected chi connectivity index (χ1v) is 19.7. The molecule has 0 aliphatic rings. The Hall–Kier alpha value is -4.60. The maximum atomic E-state index is 10.4. The molecule has 6 aromatic carbocycles. The van der Waals surface area contributed by atoms with Crippen LogP contribution in [0.5, 0.6) is 0 Å². The van der Waals surface area contributed by atoms with E-state index in [1.54, 1.807) is 42.5 Å². The van der Waals surface area contributed by atoms with E-state index in [2.05, 4.69) is 91.0 Å².